The Morgan fingerprint density at radius 1 is 1.17 bits per heavy atom. The van der Waals surface area contributed by atoms with Gasteiger partial charge in [-0.1, -0.05) is 18.2 Å². The Morgan fingerprint density at radius 3 is 2.77 bits per heavy atom. The summed E-state index contributed by atoms with van der Waals surface area (Å²) in [6, 6.07) is 13.1. The van der Waals surface area contributed by atoms with Crippen molar-refractivity contribution in [3.8, 4) is 5.75 Å². The van der Waals surface area contributed by atoms with Crippen LogP contribution in [0.25, 0.3) is 0 Å². The maximum absolute atomic E-state index is 13.7. The number of carbonyl (C=O) groups excluding carboxylic acids is 2. The van der Waals surface area contributed by atoms with Gasteiger partial charge < -0.3 is 19.3 Å². The topological polar surface area (TPSA) is 59.1 Å². The third-order valence-corrected chi connectivity index (χ3v) is 6.33. The Morgan fingerprint density at radius 2 is 1.97 bits per heavy atom. The molecule has 3 aliphatic heterocycles. The van der Waals surface area contributed by atoms with E-state index in [1.807, 2.05) is 4.90 Å². The fraction of sp³-hybridized carbons (Fsp3) is 0.391. The first-order valence-corrected chi connectivity index (χ1v) is 10.3. The van der Waals surface area contributed by atoms with Gasteiger partial charge in [-0.25, -0.2) is 4.39 Å². The van der Waals surface area contributed by atoms with Crippen molar-refractivity contribution in [3.05, 3.63) is 65.5 Å². The van der Waals surface area contributed by atoms with Crippen LogP contribution in [-0.4, -0.2) is 53.1 Å². The minimum atomic E-state index is -0.645. The SMILES string of the molecule is O=C(c1ccc(OCc2ccccc2F)cc1)N1CC[C@@]23OCCCN2C(=O)C[C@@H]13. The van der Waals surface area contributed by atoms with E-state index in [2.05, 4.69) is 0 Å². The summed E-state index contributed by atoms with van der Waals surface area (Å²) in [5, 5.41) is 0. The molecule has 3 heterocycles. The molecule has 2 amide bonds. The Kier molecular flexibility index (Phi) is 4.70. The molecular weight excluding hydrogens is 387 g/mol. The molecule has 5 rings (SSSR count). The van der Waals surface area contributed by atoms with Crippen molar-refractivity contribution in [2.45, 2.75) is 37.6 Å². The summed E-state index contributed by atoms with van der Waals surface area (Å²) in [5.41, 5.74) is 0.364. The molecule has 0 aromatic heterocycles. The lowest BCUT2D eigenvalue weighted by molar-refractivity contribution is -0.179. The molecule has 2 aromatic rings. The molecule has 30 heavy (non-hydrogen) atoms. The van der Waals surface area contributed by atoms with E-state index in [9.17, 15) is 14.0 Å². The normalized spacial score (nSPS) is 25.2. The van der Waals surface area contributed by atoms with Crippen molar-refractivity contribution >= 4 is 11.8 Å². The van der Waals surface area contributed by atoms with E-state index < -0.39 is 5.72 Å². The highest BCUT2D eigenvalue weighted by Gasteiger charge is 2.61. The number of ether oxygens (including phenoxy) is 2. The highest BCUT2D eigenvalue weighted by atomic mass is 19.1. The zero-order valence-corrected chi connectivity index (χ0v) is 16.6. The van der Waals surface area contributed by atoms with Crippen molar-refractivity contribution < 1.29 is 23.5 Å². The van der Waals surface area contributed by atoms with Crippen molar-refractivity contribution in [1.82, 2.24) is 9.80 Å². The summed E-state index contributed by atoms with van der Waals surface area (Å²) >= 11 is 0. The second kappa shape index (κ2) is 7.40. The summed E-state index contributed by atoms with van der Waals surface area (Å²) in [4.78, 5) is 29.2. The zero-order valence-electron chi connectivity index (χ0n) is 16.6. The van der Waals surface area contributed by atoms with E-state index in [0.29, 0.717) is 49.4 Å². The van der Waals surface area contributed by atoms with Crippen LogP contribution < -0.4 is 4.74 Å². The molecule has 0 bridgehead atoms. The Bertz CT molecular complexity index is 979. The van der Waals surface area contributed by atoms with Gasteiger partial charge in [0.05, 0.1) is 19.1 Å². The minimum Gasteiger partial charge on any atom is -0.489 e. The summed E-state index contributed by atoms with van der Waals surface area (Å²) in [6.07, 6.45) is 1.80. The quantitative estimate of drug-likeness (QED) is 0.778. The van der Waals surface area contributed by atoms with Gasteiger partial charge in [0.2, 0.25) is 5.91 Å². The van der Waals surface area contributed by atoms with Crippen LogP contribution in [0.2, 0.25) is 0 Å². The second-order valence-corrected chi connectivity index (χ2v) is 7.97. The molecule has 6 nitrogen and oxygen atoms in total. The molecule has 0 saturated carbocycles. The molecule has 7 heteroatoms. The molecular formula is C23H23FN2O4. The molecule has 2 aromatic carbocycles. The van der Waals surface area contributed by atoms with E-state index in [1.54, 1.807) is 47.4 Å². The predicted molar refractivity (Wildman–Crippen MR) is 106 cm³/mol. The largest absolute Gasteiger partial charge is 0.489 e. The highest BCUT2D eigenvalue weighted by molar-refractivity contribution is 5.96. The van der Waals surface area contributed by atoms with Gasteiger partial charge in [0, 0.05) is 30.6 Å². The number of benzene rings is 2. The molecule has 0 unspecified atom stereocenters. The maximum Gasteiger partial charge on any atom is 0.254 e. The van der Waals surface area contributed by atoms with Crippen molar-refractivity contribution in [2.24, 2.45) is 0 Å². The summed E-state index contributed by atoms with van der Waals surface area (Å²) in [6.45, 7) is 2.01. The summed E-state index contributed by atoms with van der Waals surface area (Å²) in [5.74, 6) is 0.207. The second-order valence-electron chi connectivity index (χ2n) is 7.97. The van der Waals surface area contributed by atoms with Gasteiger partial charge in [0.1, 0.15) is 18.2 Å². The lowest BCUT2D eigenvalue weighted by Gasteiger charge is -2.42. The average molecular weight is 410 g/mol. The van der Waals surface area contributed by atoms with Crippen molar-refractivity contribution in [1.29, 1.82) is 0 Å². The Balaban J connectivity index is 1.28. The monoisotopic (exact) mass is 410 g/mol. The van der Waals surface area contributed by atoms with Gasteiger partial charge in [0.25, 0.3) is 5.91 Å². The number of nitrogens with zero attached hydrogens (tertiary/aromatic N) is 2. The van der Waals surface area contributed by atoms with Crippen molar-refractivity contribution in [3.63, 3.8) is 0 Å². The molecule has 3 aliphatic rings. The Labute approximate surface area is 174 Å². The van der Waals surface area contributed by atoms with Gasteiger partial charge in [-0.05, 0) is 36.8 Å². The maximum atomic E-state index is 13.7. The van der Waals surface area contributed by atoms with Crippen LogP contribution in [-0.2, 0) is 16.1 Å². The number of carbonyl (C=O) groups is 2. The third kappa shape index (κ3) is 3.04. The summed E-state index contributed by atoms with van der Waals surface area (Å²) in [7, 11) is 0. The van der Waals surface area contributed by atoms with E-state index in [1.165, 1.54) is 6.07 Å². The third-order valence-electron chi connectivity index (χ3n) is 6.33. The molecule has 1 spiro atoms. The number of halogens is 1. The van der Waals surface area contributed by atoms with E-state index in [4.69, 9.17) is 9.47 Å². The van der Waals surface area contributed by atoms with Gasteiger partial charge >= 0.3 is 0 Å². The first-order valence-electron chi connectivity index (χ1n) is 10.3. The lowest BCUT2D eigenvalue weighted by atomic mass is 10.0. The minimum absolute atomic E-state index is 0.0640. The molecule has 2 atom stereocenters. The molecule has 3 saturated heterocycles. The first-order chi connectivity index (χ1) is 14.6. The van der Waals surface area contributed by atoms with Crippen molar-refractivity contribution in [2.75, 3.05) is 19.7 Å². The lowest BCUT2D eigenvalue weighted by Crippen LogP contribution is -2.56. The van der Waals surface area contributed by atoms with E-state index in [-0.39, 0.29) is 30.3 Å². The van der Waals surface area contributed by atoms with Gasteiger partial charge in [-0.3, -0.25) is 9.59 Å². The Hall–Kier alpha value is -2.93. The first kappa shape index (κ1) is 19.1. The van der Waals surface area contributed by atoms with Crippen LogP contribution in [0, 0.1) is 5.82 Å². The van der Waals surface area contributed by atoms with Crippen LogP contribution >= 0.6 is 0 Å². The van der Waals surface area contributed by atoms with E-state index in [0.717, 1.165) is 6.42 Å². The van der Waals surface area contributed by atoms with Crippen LogP contribution in [0.4, 0.5) is 4.39 Å². The van der Waals surface area contributed by atoms with E-state index >= 15 is 0 Å². The fourth-order valence-corrected chi connectivity index (χ4v) is 4.83. The average Bonchev–Trinajstić information content (AvgIpc) is 3.25. The van der Waals surface area contributed by atoms with Gasteiger partial charge in [0.15, 0.2) is 5.72 Å². The molecule has 156 valence electrons. The number of hydrogen-bond acceptors (Lipinski definition) is 4. The number of rotatable bonds is 4. The summed E-state index contributed by atoms with van der Waals surface area (Å²) < 4.78 is 25.4. The number of likely N-dealkylation sites (tertiary alicyclic amines) is 1. The molecule has 0 aliphatic carbocycles. The standard InChI is InChI=1S/C23H23FN2O4/c24-19-5-2-1-4-17(19)15-29-18-8-6-16(7-9-18)22(28)25-12-10-23-20(25)14-21(27)26(23)11-3-13-30-23/h1-2,4-9,20H,3,10-15H2/t20-,23+/m1/s1. The molecule has 0 N–H and O–H groups in total. The molecule has 3 fully saturated rings. The van der Waals surface area contributed by atoms with Crippen LogP contribution in [0.5, 0.6) is 5.75 Å². The predicted octanol–water partition coefficient (Wildman–Crippen LogP) is 2.97. The molecule has 0 radical (unpaired) electrons. The van der Waals surface area contributed by atoms with Crippen LogP contribution in [0.1, 0.15) is 35.2 Å². The van der Waals surface area contributed by atoms with Crippen LogP contribution in [0.3, 0.4) is 0 Å². The highest BCUT2D eigenvalue weighted by Crippen LogP contribution is 2.45. The smallest absolute Gasteiger partial charge is 0.254 e. The van der Waals surface area contributed by atoms with Gasteiger partial charge in [-0.15, -0.1) is 0 Å². The number of amides is 2. The number of hydrogen-bond donors (Lipinski definition) is 0. The zero-order chi connectivity index (χ0) is 20.7. The fourth-order valence-electron chi connectivity index (χ4n) is 4.83. The van der Waals surface area contributed by atoms with Gasteiger partial charge in [-0.2, -0.15) is 0 Å². The van der Waals surface area contributed by atoms with Crippen LogP contribution in [0.15, 0.2) is 48.5 Å².